The molecule has 68 valence electrons. The summed E-state index contributed by atoms with van der Waals surface area (Å²) in [6.07, 6.45) is 0.765. The Morgan fingerprint density at radius 1 is 1.38 bits per heavy atom. The van der Waals surface area contributed by atoms with Crippen molar-refractivity contribution >= 4 is 22.6 Å². The number of hydrogen-bond acceptors (Lipinski definition) is 3. The van der Waals surface area contributed by atoms with Crippen molar-refractivity contribution < 1.29 is 0 Å². The Morgan fingerprint density at radius 3 is 2.85 bits per heavy atom. The Hall–Kier alpha value is -1.16. The lowest BCUT2D eigenvalue weighted by Crippen LogP contribution is -1.93. The predicted molar refractivity (Wildman–Crippen MR) is 50.8 cm³/mol. The molecule has 0 amide bonds. The van der Waals surface area contributed by atoms with Crippen molar-refractivity contribution in [1.29, 1.82) is 0 Å². The summed E-state index contributed by atoms with van der Waals surface area (Å²) >= 11 is 5.98. The van der Waals surface area contributed by atoms with E-state index < -0.39 is 0 Å². The molecule has 0 bridgehead atoms. The number of nitrogens with one attached hydrogen (secondary N) is 1. The Labute approximate surface area is 80.3 Å². The Morgan fingerprint density at radius 2 is 2.15 bits per heavy atom. The van der Waals surface area contributed by atoms with Crippen LogP contribution in [-0.4, -0.2) is 20.2 Å². The second kappa shape index (κ2) is 2.96. The molecule has 0 atom stereocenters. The molecule has 2 rings (SSSR count). The van der Waals surface area contributed by atoms with E-state index in [-0.39, 0.29) is 0 Å². The quantitative estimate of drug-likeness (QED) is 0.709. The molecule has 4 nitrogen and oxygen atoms in total. The van der Waals surface area contributed by atoms with Gasteiger partial charge in [-0.05, 0) is 6.92 Å². The highest BCUT2D eigenvalue weighted by Crippen LogP contribution is 2.21. The lowest BCUT2D eigenvalue weighted by Gasteiger charge is -1.96. The lowest BCUT2D eigenvalue weighted by molar-refractivity contribution is 0.950. The molecular weight excluding hydrogens is 188 g/mol. The van der Waals surface area contributed by atoms with Gasteiger partial charge in [0, 0.05) is 12.1 Å². The van der Waals surface area contributed by atoms with Crippen molar-refractivity contribution in [2.45, 2.75) is 20.3 Å². The molecule has 13 heavy (non-hydrogen) atoms. The van der Waals surface area contributed by atoms with Crippen molar-refractivity contribution in [1.82, 2.24) is 20.2 Å². The Bertz CT molecular complexity index is 449. The summed E-state index contributed by atoms with van der Waals surface area (Å²) in [5.41, 5.74) is 1.55. The Kier molecular flexibility index (Phi) is 1.92. The van der Waals surface area contributed by atoms with Gasteiger partial charge in [-0.25, -0.2) is 9.97 Å². The first-order chi connectivity index (χ1) is 6.22. The highest BCUT2D eigenvalue weighted by molar-refractivity contribution is 6.34. The van der Waals surface area contributed by atoms with E-state index in [1.165, 1.54) is 0 Å². The number of nitrogens with zero attached hydrogens (tertiary/aromatic N) is 3. The van der Waals surface area contributed by atoms with Gasteiger partial charge >= 0.3 is 0 Å². The molecule has 2 heterocycles. The minimum absolute atomic E-state index is 0.480. The first-order valence-corrected chi connectivity index (χ1v) is 4.47. The fraction of sp³-hybridized carbons (Fsp3) is 0.375. The van der Waals surface area contributed by atoms with Crippen LogP contribution in [0.3, 0.4) is 0 Å². The fourth-order valence-corrected chi connectivity index (χ4v) is 1.54. The molecule has 0 saturated heterocycles. The summed E-state index contributed by atoms with van der Waals surface area (Å²) in [4.78, 5) is 8.38. The van der Waals surface area contributed by atoms with E-state index in [2.05, 4.69) is 20.2 Å². The lowest BCUT2D eigenvalue weighted by atomic mass is 10.3. The van der Waals surface area contributed by atoms with Gasteiger partial charge in [-0.1, -0.05) is 18.5 Å². The summed E-state index contributed by atoms with van der Waals surface area (Å²) in [5, 5.41) is 8.16. The highest BCUT2D eigenvalue weighted by Gasteiger charge is 2.09. The molecule has 0 aliphatic carbocycles. The normalized spacial score (nSPS) is 11.0. The zero-order chi connectivity index (χ0) is 9.42. The van der Waals surface area contributed by atoms with E-state index >= 15 is 0 Å². The van der Waals surface area contributed by atoms with Crippen molar-refractivity contribution in [3.63, 3.8) is 0 Å². The first kappa shape index (κ1) is 8.44. The third-order valence-corrected chi connectivity index (χ3v) is 2.19. The third-order valence-electron chi connectivity index (χ3n) is 1.91. The highest BCUT2D eigenvalue weighted by atomic mass is 35.5. The number of fused-ring (bicyclic) bond motifs is 1. The van der Waals surface area contributed by atoms with Crippen molar-refractivity contribution in [2.75, 3.05) is 0 Å². The molecule has 5 heteroatoms. The number of aromatic amines is 1. The van der Waals surface area contributed by atoms with Gasteiger partial charge in [0.15, 0.2) is 5.65 Å². The van der Waals surface area contributed by atoms with E-state index in [4.69, 9.17) is 11.6 Å². The maximum atomic E-state index is 5.98. The topological polar surface area (TPSA) is 54.5 Å². The predicted octanol–water partition coefficient (Wildman–Crippen LogP) is 1.88. The van der Waals surface area contributed by atoms with E-state index in [0.29, 0.717) is 10.8 Å². The number of halogens is 1. The van der Waals surface area contributed by atoms with Crippen LogP contribution in [0.1, 0.15) is 18.4 Å². The number of H-pyrrole nitrogens is 1. The van der Waals surface area contributed by atoms with E-state index in [0.717, 1.165) is 23.3 Å². The van der Waals surface area contributed by atoms with Crippen LogP contribution in [0.15, 0.2) is 0 Å². The number of aromatic nitrogens is 4. The largest absolute Gasteiger partial charge is 0.280 e. The van der Waals surface area contributed by atoms with Crippen LogP contribution in [0, 0.1) is 6.92 Å². The van der Waals surface area contributed by atoms with Gasteiger partial charge in [0.2, 0.25) is 0 Å². The summed E-state index contributed by atoms with van der Waals surface area (Å²) in [6, 6.07) is 0. The molecule has 2 aromatic heterocycles. The fourth-order valence-electron chi connectivity index (χ4n) is 1.22. The minimum atomic E-state index is 0.480. The molecule has 2 aromatic rings. The number of hydrogen-bond donors (Lipinski definition) is 1. The maximum Gasteiger partial charge on any atom is 0.186 e. The average Bonchev–Trinajstić information content (AvgIpc) is 2.48. The summed E-state index contributed by atoms with van der Waals surface area (Å²) in [5.74, 6) is 0.726. The van der Waals surface area contributed by atoms with Crippen molar-refractivity contribution in [2.24, 2.45) is 0 Å². The zero-order valence-corrected chi connectivity index (χ0v) is 8.18. The molecular formula is C8H9ClN4. The molecule has 0 saturated carbocycles. The van der Waals surface area contributed by atoms with Gasteiger partial charge in [-0.3, -0.25) is 5.10 Å². The zero-order valence-electron chi connectivity index (χ0n) is 7.43. The standard InChI is InChI=1S/C8H9ClN4/c1-3-5-10-7(9)6-4(2)12-13-8(6)11-5/h3H2,1-2H3,(H,10,11,12,13). The van der Waals surface area contributed by atoms with E-state index in [1.54, 1.807) is 0 Å². The number of aryl methyl sites for hydroxylation is 2. The molecule has 1 N–H and O–H groups in total. The van der Waals surface area contributed by atoms with Crippen LogP contribution in [0.5, 0.6) is 0 Å². The van der Waals surface area contributed by atoms with Crippen LogP contribution >= 0.6 is 11.6 Å². The van der Waals surface area contributed by atoms with Gasteiger partial charge in [0.05, 0.1) is 5.39 Å². The number of rotatable bonds is 1. The third kappa shape index (κ3) is 1.27. The molecule has 0 spiro atoms. The maximum absolute atomic E-state index is 5.98. The smallest absolute Gasteiger partial charge is 0.186 e. The summed E-state index contributed by atoms with van der Waals surface area (Å²) < 4.78 is 0. The van der Waals surface area contributed by atoms with Crippen LogP contribution < -0.4 is 0 Å². The second-order valence-electron chi connectivity index (χ2n) is 2.83. The summed E-state index contributed by atoms with van der Waals surface area (Å²) in [6.45, 7) is 3.88. The average molecular weight is 197 g/mol. The monoisotopic (exact) mass is 196 g/mol. The Balaban J connectivity index is 2.79. The van der Waals surface area contributed by atoms with Crippen molar-refractivity contribution in [3.05, 3.63) is 16.7 Å². The minimum Gasteiger partial charge on any atom is -0.280 e. The summed E-state index contributed by atoms with van der Waals surface area (Å²) in [7, 11) is 0. The molecule has 0 aromatic carbocycles. The van der Waals surface area contributed by atoms with Gasteiger partial charge in [0.25, 0.3) is 0 Å². The molecule has 0 fully saturated rings. The van der Waals surface area contributed by atoms with E-state index in [9.17, 15) is 0 Å². The molecule has 0 unspecified atom stereocenters. The SMILES string of the molecule is CCc1nc(Cl)c2c(C)[nH]nc2n1. The van der Waals surface area contributed by atoms with Crippen LogP contribution in [0.2, 0.25) is 5.15 Å². The molecule has 0 aliphatic heterocycles. The second-order valence-corrected chi connectivity index (χ2v) is 3.19. The van der Waals surface area contributed by atoms with Crippen LogP contribution in [-0.2, 0) is 6.42 Å². The molecule has 0 radical (unpaired) electrons. The molecule has 0 aliphatic rings. The van der Waals surface area contributed by atoms with Gasteiger partial charge < -0.3 is 0 Å². The van der Waals surface area contributed by atoms with E-state index in [1.807, 2.05) is 13.8 Å². The van der Waals surface area contributed by atoms with Gasteiger partial charge in [-0.2, -0.15) is 5.10 Å². The van der Waals surface area contributed by atoms with Crippen LogP contribution in [0.25, 0.3) is 11.0 Å². The van der Waals surface area contributed by atoms with Gasteiger partial charge in [0.1, 0.15) is 11.0 Å². The van der Waals surface area contributed by atoms with Crippen LogP contribution in [0.4, 0.5) is 0 Å². The van der Waals surface area contributed by atoms with Crippen molar-refractivity contribution in [3.8, 4) is 0 Å². The van der Waals surface area contributed by atoms with Gasteiger partial charge in [-0.15, -0.1) is 0 Å². The first-order valence-electron chi connectivity index (χ1n) is 4.09.